The number of ether oxygens (including phenoxy) is 3. The van der Waals surface area contributed by atoms with Crippen LogP contribution in [0.3, 0.4) is 0 Å². The van der Waals surface area contributed by atoms with Gasteiger partial charge in [0.15, 0.2) is 12.3 Å². The fraction of sp³-hybridized carbons (Fsp3) is 0.682. The Morgan fingerprint density at radius 2 is 1.54 bits per heavy atom. The highest BCUT2D eigenvalue weighted by molar-refractivity contribution is 7.61. The van der Waals surface area contributed by atoms with Crippen molar-refractivity contribution in [2.45, 2.75) is 167 Å². The van der Waals surface area contributed by atoms with Crippen LogP contribution in [0.15, 0.2) is 65.7 Å². The predicted octanol–water partition coefficient (Wildman–Crippen LogP) is 7.04. The lowest BCUT2D eigenvalue weighted by atomic mass is 10.0. The van der Waals surface area contributed by atoms with E-state index in [4.69, 9.17) is 29.0 Å². The van der Waals surface area contributed by atoms with Crippen molar-refractivity contribution in [3.63, 3.8) is 0 Å². The van der Waals surface area contributed by atoms with Crippen LogP contribution in [0, 0.1) is 5.92 Å². The van der Waals surface area contributed by atoms with Crippen molar-refractivity contribution in [3.8, 4) is 0 Å². The van der Waals surface area contributed by atoms with Crippen LogP contribution in [0.5, 0.6) is 0 Å². The number of phosphoric ester groups is 2. The second kappa shape index (κ2) is 32.4. The number of hydrogen-bond donors (Lipinski definition) is 6. The Bertz CT molecular complexity index is 1800. The van der Waals surface area contributed by atoms with E-state index in [0.717, 1.165) is 55.7 Å². The molecule has 65 heavy (non-hydrogen) atoms. The fourth-order valence-corrected chi connectivity index (χ4v) is 8.44. The molecule has 0 spiro atoms. The summed E-state index contributed by atoms with van der Waals surface area (Å²) in [6.45, 7) is 4.14. The number of rotatable bonds is 35. The van der Waals surface area contributed by atoms with Crippen molar-refractivity contribution < 1.29 is 71.4 Å². The number of phosphoric acid groups is 2. The maximum absolute atomic E-state index is 12.8. The lowest BCUT2D eigenvalue weighted by Gasteiger charge is -2.21. The molecule has 2 heterocycles. The maximum Gasteiger partial charge on any atom is 0.481 e. The van der Waals surface area contributed by atoms with E-state index in [1.54, 1.807) is 6.08 Å². The van der Waals surface area contributed by atoms with Gasteiger partial charge in [-0.1, -0.05) is 121 Å². The van der Waals surface area contributed by atoms with Crippen LogP contribution in [-0.2, 0) is 46.3 Å². The molecule has 2 rings (SSSR count). The van der Waals surface area contributed by atoms with Crippen LogP contribution in [0.1, 0.15) is 136 Å². The van der Waals surface area contributed by atoms with Gasteiger partial charge in [0.05, 0.1) is 19.3 Å². The summed E-state index contributed by atoms with van der Waals surface area (Å²) >= 11 is 0. The molecule has 0 aliphatic carbocycles. The summed E-state index contributed by atoms with van der Waals surface area (Å²) in [7, 11) is -10.9. The standard InChI is InChI=1S/C44H73N3O16P2/c1-4-5-6-7-9-15-20-25-35(48)26-21-16-10-8-11-18-23-28-40(50)61-36(31-58-39(49)27-22-17-13-12-14-19-24-34(2)3)32-59-64(54,55)63-65(56,57)60-33-37-41(51)42(52)43(62-37)47-30-29-38(45)46-44(47)53/h8-9,11,15-16,20-21,25,29-30,34-37,41-43,48,51-52H,4-7,10,12-14,17-19,22-24,26-28,31-33H2,1-3H3,(H,54,55)(H,56,57)(H2,45,46,53)/b11-8+,15-9-,21-16-,25-20-/t35-,36+,37+,41+,42+,43+/m0/s1. The minimum Gasteiger partial charge on any atom is -0.462 e. The molecule has 1 saturated heterocycles. The molecule has 0 saturated carbocycles. The van der Waals surface area contributed by atoms with Gasteiger partial charge in [0, 0.05) is 19.0 Å². The lowest BCUT2D eigenvalue weighted by Crippen LogP contribution is -2.36. The summed E-state index contributed by atoms with van der Waals surface area (Å²) in [6, 6.07) is 1.24. The maximum atomic E-state index is 12.8. The molecular formula is C44H73N3O16P2. The summed E-state index contributed by atoms with van der Waals surface area (Å²) in [5.41, 5.74) is 4.56. The van der Waals surface area contributed by atoms with Crippen LogP contribution >= 0.6 is 15.6 Å². The van der Waals surface area contributed by atoms with Crippen molar-refractivity contribution in [1.29, 1.82) is 0 Å². The van der Waals surface area contributed by atoms with E-state index in [1.807, 2.05) is 36.5 Å². The number of unbranched alkanes of at least 4 members (excludes halogenated alkanes) is 9. The minimum absolute atomic E-state index is 0.0611. The van der Waals surface area contributed by atoms with Crippen molar-refractivity contribution in [2.75, 3.05) is 25.6 Å². The Kier molecular flexibility index (Phi) is 28.8. The van der Waals surface area contributed by atoms with Gasteiger partial charge in [0.1, 0.15) is 30.7 Å². The fourth-order valence-electron chi connectivity index (χ4n) is 6.33. The number of aromatic nitrogens is 2. The Hall–Kier alpha value is -3.32. The molecule has 0 aromatic carbocycles. The van der Waals surface area contributed by atoms with Crippen LogP contribution in [0.4, 0.5) is 5.82 Å². The number of carbonyl (C=O) groups excluding carboxylic acids is 2. The van der Waals surface area contributed by atoms with E-state index in [9.17, 15) is 48.6 Å². The van der Waals surface area contributed by atoms with Crippen LogP contribution in [0.2, 0.25) is 0 Å². The molecule has 1 fully saturated rings. The number of nitrogens with two attached hydrogens (primary N) is 1. The molecular weight excluding hydrogens is 888 g/mol. The number of anilines is 1. The normalized spacial score (nSPS) is 20.8. The summed E-state index contributed by atoms with van der Waals surface area (Å²) in [6.07, 6.45) is 21.4. The van der Waals surface area contributed by atoms with Gasteiger partial charge in [-0.2, -0.15) is 9.29 Å². The Morgan fingerprint density at radius 3 is 2.26 bits per heavy atom. The van der Waals surface area contributed by atoms with E-state index < -0.39 is 89.8 Å². The smallest absolute Gasteiger partial charge is 0.462 e. The summed E-state index contributed by atoms with van der Waals surface area (Å²) in [4.78, 5) is 61.5. The van der Waals surface area contributed by atoms with Gasteiger partial charge in [-0.3, -0.25) is 23.2 Å². The number of aliphatic hydroxyl groups is 3. The first kappa shape index (κ1) is 57.8. The first-order valence-corrected chi connectivity index (χ1v) is 25.6. The number of aliphatic hydroxyl groups excluding tert-OH is 3. The SMILES string of the molecule is CCCCC/C=C\C=C/[C@H](O)C/C=C\C/C=C/CCCC(=O)O[C@H](COC(=O)CCCCCCCCC(C)C)COP(=O)(O)OP(=O)(O)OC[C@H]1O[C@@H](n2ccc(N)nc2=O)[C@H](O)[C@@H]1O. The van der Waals surface area contributed by atoms with E-state index in [0.29, 0.717) is 38.0 Å². The van der Waals surface area contributed by atoms with Gasteiger partial charge in [0.2, 0.25) is 0 Å². The molecule has 0 radical (unpaired) electrons. The first-order chi connectivity index (χ1) is 30.9. The van der Waals surface area contributed by atoms with E-state index >= 15 is 0 Å². The average molecular weight is 962 g/mol. The molecule has 1 aromatic heterocycles. The molecule has 2 unspecified atom stereocenters. The van der Waals surface area contributed by atoms with E-state index in [1.165, 1.54) is 25.3 Å². The molecule has 7 N–H and O–H groups in total. The number of carbonyl (C=O) groups is 2. The number of esters is 2. The zero-order valence-electron chi connectivity index (χ0n) is 38.1. The predicted molar refractivity (Wildman–Crippen MR) is 244 cm³/mol. The van der Waals surface area contributed by atoms with Gasteiger partial charge in [-0.15, -0.1) is 0 Å². The molecule has 1 aliphatic rings. The molecule has 0 bridgehead atoms. The minimum atomic E-state index is -5.44. The summed E-state index contributed by atoms with van der Waals surface area (Å²) < 4.78 is 56.4. The first-order valence-electron chi connectivity index (χ1n) is 22.6. The third kappa shape index (κ3) is 26.6. The molecule has 19 nitrogen and oxygen atoms in total. The number of allylic oxidation sites excluding steroid dienone is 6. The largest absolute Gasteiger partial charge is 0.481 e. The summed E-state index contributed by atoms with van der Waals surface area (Å²) in [5.74, 6) is -0.760. The zero-order valence-corrected chi connectivity index (χ0v) is 39.8. The van der Waals surface area contributed by atoms with Crippen molar-refractivity contribution in [3.05, 3.63) is 71.4 Å². The Morgan fingerprint density at radius 1 is 0.862 bits per heavy atom. The van der Waals surface area contributed by atoms with Crippen molar-refractivity contribution >= 4 is 33.4 Å². The van der Waals surface area contributed by atoms with E-state index in [2.05, 4.69) is 36.1 Å². The van der Waals surface area contributed by atoms with Gasteiger partial charge in [0.25, 0.3) is 0 Å². The topological polar surface area (TPSA) is 286 Å². The van der Waals surface area contributed by atoms with E-state index in [-0.39, 0.29) is 18.7 Å². The van der Waals surface area contributed by atoms with Crippen molar-refractivity contribution in [1.82, 2.24) is 9.55 Å². The molecule has 8 atom stereocenters. The number of nitrogen functional groups attached to an aromatic ring is 1. The molecule has 21 heteroatoms. The lowest BCUT2D eigenvalue weighted by molar-refractivity contribution is -0.161. The average Bonchev–Trinajstić information content (AvgIpc) is 3.52. The molecule has 1 aromatic rings. The molecule has 1 aliphatic heterocycles. The third-order valence-corrected chi connectivity index (χ3v) is 12.5. The highest BCUT2D eigenvalue weighted by atomic mass is 31.3. The van der Waals surface area contributed by atoms with Gasteiger partial charge >= 0.3 is 33.3 Å². The van der Waals surface area contributed by atoms with Gasteiger partial charge in [-0.05, 0) is 56.9 Å². The quantitative estimate of drug-likeness (QED) is 0.0131. The summed E-state index contributed by atoms with van der Waals surface area (Å²) in [5, 5.41) is 30.9. The zero-order chi connectivity index (χ0) is 48.1. The highest BCUT2D eigenvalue weighted by Gasteiger charge is 2.46. The van der Waals surface area contributed by atoms with Gasteiger partial charge < -0.3 is 45.1 Å². The Labute approximate surface area is 382 Å². The van der Waals surface area contributed by atoms with Gasteiger partial charge in [-0.25, -0.2) is 13.9 Å². The van der Waals surface area contributed by atoms with Crippen LogP contribution in [-0.4, -0.2) is 96.9 Å². The van der Waals surface area contributed by atoms with Crippen LogP contribution in [0.25, 0.3) is 0 Å². The second-order valence-electron chi connectivity index (χ2n) is 16.2. The second-order valence-corrected chi connectivity index (χ2v) is 19.3. The van der Waals surface area contributed by atoms with Crippen molar-refractivity contribution in [2.24, 2.45) is 5.92 Å². The highest BCUT2D eigenvalue weighted by Crippen LogP contribution is 2.60. The Balaban J connectivity index is 1.88. The van der Waals surface area contributed by atoms with Crippen LogP contribution < -0.4 is 11.4 Å². The molecule has 0 amide bonds. The monoisotopic (exact) mass is 961 g/mol. The third-order valence-electron chi connectivity index (χ3n) is 9.93. The number of hydrogen-bond acceptors (Lipinski definition) is 16. The molecule has 370 valence electrons. The number of nitrogens with zero attached hydrogens (tertiary/aromatic N) is 2.